The summed E-state index contributed by atoms with van der Waals surface area (Å²) in [5.41, 5.74) is 3.27. The minimum Gasteiger partial charge on any atom is -0.494 e. The summed E-state index contributed by atoms with van der Waals surface area (Å²) in [6.07, 6.45) is 5.38. The number of hydroxylamine groups is 2. The molecule has 300 valence electrons. The first-order valence-corrected chi connectivity index (χ1v) is 20.3. The van der Waals surface area contributed by atoms with Gasteiger partial charge in [-0.3, -0.25) is 32.9 Å². The number of carbonyl (C=O) groups excluding carboxylic acids is 4. The fourth-order valence-electron chi connectivity index (χ4n) is 6.87. The molecule has 0 spiro atoms. The lowest BCUT2D eigenvalue weighted by molar-refractivity contribution is -0.599. The van der Waals surface area contributed by atoms with Crippen LogP contribution < -0.4 is 10.1 Å². The molecule has 16 nitrogen and oxygen atoms in total. The molecule has 0 atom stereocenters. The highest BCUT2D eigenvalue weighted by atomic mass is 32.2. The van der Waals surface area contributed by atoms with Crippen molar-refractivity contribution in [1.82, 2.24) is 19.1 Å². The summed E-state index contributed by atoms with van der Waals surface area (Å²) in [5.74, 6) is -3.60. The van der Waals surface area contributed by atoms with Crippen LogP contribution in [0.3, 0.4) is 0 Å². The molecule has 4 heterocycles. The first kappa shape index (κ1) is 42.4. The van der Waals surface area contributed by atoms with Crippen LogP contribution in [0.4, 0.5) is 0 Å². The minimum atomic E-state index is -4.30. The van der Waals surface area contributed by atoms with Crippen LogP contribution in [0.5, 0.6) is 5.88 Å². The van der Waals surface area contributed by atoms with E-state index in [0.717, 1.165) is 16.9 Å². The number of rotatable bonds is 15. The number of nitriles is 1. The molecule has 3 amide bonds. The van der Waals surface area contributed by atoms with Gasteiger partial charge in [-0.2, -0.15) is 18.2 Å². The second-order valence-electron chi connectivity index (χ2n) is 14.0. The third kappa shape index (κ3) is 9.11. The summed E-state index contributed by atoms with van der Waals surface area (Å²) in [6.45, 7) is 8.28. The lowest BCUT2D eigenvalue weighted by atomic mass is 9.82. The Morgan fingerprint density at radius 3 is 2.39 bits per heavy atom. The molecule has 2 aliphatic rings. The van der Waals surface area contributed by atoms with Gasteiger partial charge in [-0.15, -0.1) is 5.06 Å². The van der Waals surface area contributed by atoms with Crippen LogP contribution in [0.25, 0.3) is 17.3 Å². The maximum Gasteiger partial charge on any atom is 0.333 e. The number of allylic oxidation sites excluding steroid dienone is 3. The SMILES string of the molecule is CCn1c(O)c(/C=C/C=C(\C#N)c2cc[n+]3c(c2)C(C)(C)c2cc(CN(CCCS(=O)(=O)O)C(=O)CCC(=O)ON4C(=O)CCC4=O)ccc2-3)c(=O)n(CC)c1=S. The zero-order valence-electron chi connectivity index (χ0n) is 31.9. The highest BCUT2D eigenvalue weighted by Gasteiger charge is 2.44. The molecule has 1 saturated heterocycles. The molecule has 1 aromatic carbocycles. The fourth-order valence-corrected chi connectivity index (χ4v) is 7.79. The van der Waals surface area contributed by atoms with Gasteiger partial charge in [0.15, 0.2) is 16.7 Å². The third-order valence-corrected chi connectivity index (χ3v) is 11.2. The second-order valence-corrected chi connectivity index (χ2v) is 15.9. The summed E-state index contributed by atoms with van der Waals surface area (Å²) >= 11 is 5.36. The van der Waals surface area contributed by atoms with Gasteiger partial charge >= 0.3 is 5.97 Å². The number of pyridine rings is 1. The Labute approximate surface area is 334 Å². The van der Waals surface area contributed by atoms with E-state index in [9.17, 15) is 47.3 Å². The molecule has 0 aliphatic carbocycles. The quantitative estimate of drug-likeness (QED) is 0.0562. The molecule has 3 aromatic rings. The predicted octanol–water partition coefficient (Wildman–Crippen LogP) is 3.65. The standard InChI is InChI=1S/C39H42N6O10S2/c1-5-42-36(50)28(37(51)43(6-2)38(42)56)10-7-9-27(23-40)26-17-19-44-30-12-11-25(21-29(30)39(3,4)31(44)22-26)24-41(18-8-20-57(52,53)54)32(46)15-16-35(49)55-45-33(47)13-14-34(45)48/h7,9-12,17,19,21-22H,5-6,8,13-16,18,20,24H2,1-4H3,(H,52,53,54)/p+1. The number of hydrogen-bond acceptors (Lipinski definition) is 11. The van der Waals surface area contributed by atoms with Gasteiger partial charge in [0.25, 0.3) is 27.5 Å². The molecule has 0 saturated carbocycles. The number of hydrogen-bond donors (Lipinski definition) is 2. The summed E-state index contributed by atoms with van der Waals surface area (Å²) < 4.78 is 37.2. The van der Waals surface area contributed by atoms with E-state index in [4.69, 9.17) is 17.1 Å². The van der Waals surface area contributed by atoms with Gasteiger partial charge in [0.05, 0.1) is 29.2 Å². The molecule has 5 rings (SSSR count). The largest absolute Gasteiger partial charge is 0.494 e. The van der Waals surface area contributed by atoms with Crippen molar-refractivity contribution in [3.8, 4) is 17.6 Å². The molecule has 0 radical (unpaired) electrons. The van der Waals surface area contributed by atoms with Crippen LogP contribution in [0, 0.1) is 16.1 Å². The van der Waals surface area contributed by atoms with Crippen molar-refractivity contribution in [2.24, 2.45) is 0 Å². The average Bonchev–Trinajstić information content (AvgIpc) is 3.59. The van der Waals surface area contributed by atoms with Crippen LogP contribution >= 0.6 is 12.2 Å². The summed E-state index contributed by atoms with van der Waals surface area (Å²) in [4.78, 5) is 68.7. The molecule has 0 bridgehead atoms. The zero-order valence-corrected chi connectivity index (χ0v) is 33.6. The van der Waals surface area contributed by atoms with E-state index >= 15 is 0 Å². The summed E-state index contributed by atoms with van der Waals surface area (Å²) in [6, 6.07) is 11.5. The van der Waals surface area contributed by atoms with Crippen molar-refractivity contribution in [2.45, 2.75) is 84.8 Å². The van der Waals surface area contributed by atoms with E-state index in [-0.39, 0.29) is 55.0 Å². The topological polar surface area (TPSA) is 213 Å². The molecule has 57 heavy (non-hydrogen) atoms. The van der Waals surface area contributed by atoms with Crippen molar-refractivity contribution >= 4 is 57.7 Å². The lowest BCUT2D eigenvalue weighted by Gasteiger charge is -2.23. The van der Waals surface area contributed by atoms with Crippen LogP contribution in [-0.2, 0) is 59.2 Å². The van der Waals surface area contributed by atoms with Gasteiger partial charge < -0.3 is 14.8 Å². The van der Waals surface area contributed by atoms with Crippen molar-refractivity contribution < 1.29 is 46.7 Å². The average molecular weight is 820 g/mol. The second kappa shape index (κ2) is 17.2. The zero-order chi connectivity index (χ0) is 41.8. The predicted molar refractivity (Wildman–Crippen MR) is 208 cm³/mol. The first-order valence-electron chi connectivity index (χ1n) is 18.3. The number of aromatic nitrogens is 3. The number of imide groups is 1. The Morgan fingerprint density at radius 2 is 1.75 bits per heavy atom. The third-order valence-electron chi connectivity index (χ3n) is 9.91. The molecule has 2 aromatic heterocycles. The van der Waals surface area contributed by atoms with Crippen molar-refractivity contribution in [1.29, 1.82) is 5.26 Å². The molecular formula is C39H43N6O10S2+. The van der Waals surface area contributed by atoms with E-state index in [0.29, 0.717) is 34.9 Å². The van der Waals surface area contributed by atoms with Gasteiger partial charge in [-0.1, -0.05) is 12.1 Å². The summed E-state index contributed by atoms with van der Waals surface area (Å²) in [5, 5.41) is 21.3. The van der Waals surface area contributed by atoms with E-state index in [1.54, 1.807) is 26.0 Å². The van der Waals surface area contributed by atoms with E-state index < -0.39 is 57.0 Å². The first-order chi connectivity index (χ1) is 26.9. The van der Waals surface area contributed by atoms with Crippen LogP contribution in [0.2, 0.25) is 0 Å². The Morgan fingerprint density at radius 1 is 1.07 bits per heavy atom. The number of nitrogens with zero attached hydrogens (tertiary/aromatic N) is 6. The minimum absolute atomic E-state index is 0.0397. The van der Waals surface area contributed by atoms with Crippen LogP contribution in [-0.4, -0.2) is 73.2 Å². The van der Waals surface area contributed by atoms with Gasteiger partial charge in [-0.25, -0.2) is 4.79 Å². The number of amides is 3. The van der Waals surface area contributed by atoms with Crippen molar-refractivity contribution in [2.75, 3.05) is 12.3 Å². The summed E-state index contributed by atoms with van der Waals surface area (Å²) in [7, 11) is -4.30. The number of carbonyl (C=O) groups is 4. The van der Waals surface area contributed by atoms with Crippen molar-refractivity contribution in [3.63, 3.8) is 0 Å². The van der Waals surface area contributed by atoms with Gasteiger partial charge in [0.2, 0.25) is 17.5 Å². The Bertz CT molecular complexity index is 2480. The van der Waals surface area contributed by atoms with Gasteiger partial charge in [-0.05, 0) is 70.1 Å². The molecule has 0 unspecified atom stereocenters. The Balaban J connectivity index is 1.37. The Hall–Kier alpha value is -5.77. The van der Waals surface area contributed by atoms with Gasteiger partial charge in [0, 0.05) is 74.8 Å². The highest BCUT2D eigenvalue weighted by molar-refractivity contribution is 7.85. The lowest BCUT2D eigenvalue weighted by Crippen LogP contribution is -2.34. The van der Waals surface area contributed by atoms with Crippen molar-refractivity contribution in [3.05, 3.63) is 91.8 Å². The number of fused-ring (bicyclic) bond motifs is 3. The number of benzene rings is 1. The Kier molecular flexibility index (Phi) is 12.8. The maximum absolute atomic E-state index is 13.4. The van der Waals surface area contributed by atoms with E-state index in [1.165, 1.54) is 26.2 Å². The maximum atomic E-state index is 13.4. The van der Waals surface area contributed by atoms with E-state index in [1.807, 2.05) is 48.9 Å². The molecule has 2 N–H and O–H groups in total. The number of aromatic hydroxyl groups is 1. The van der Waals surface area contributed by atoms with Crippen LogP contribution in [0.15, 0.2) is 53.5 Å². The normalized spacial score (nSPS) is 14.8. The molecule has 2 aliphatic heterocycles. The highest BCUT2D eigenvalue weighted by Crippen LogP contribution is 2.39. The van der Waals surface area contributed by atoms with Crippen LogP contribution in [0.1, 0.15) is 87.7 Å². The molecule has 18 heteroatoms. The van der Waals surface area contributed by atoms with Gasteiger partial charge in [0.1, 0.15) is 5.56 Å². The smallest absolute Gasteiger partial charge is 0.333 e. The monoisotopic (exact) mass is 819 g/mol. The fraction of sp³-hybridized carbons (Fsp3) is 0.385. The molecular weight excluding hydrogens is 777 g/mol. The van der Waals surface area contributed by atoms with E-state index in [2.05, 4.69) is 6.07 Å². The molecule has 1 fully saturated rings.